The summed E-state index contributed by atoms with van der Waals surface area (Å²) in [5.74, 6) is -0.186. The minimum Gasteiger partial charge on any atom is -0.489 e. The van der Waals surface area contributed by atoms with Crippen LogP contribution in [0.5, 0.6) is 5.75 Å². The van der Waals surface area contributed by atoms with Crippen molar-refractivity contribution >= 4 is 23.2 Å². The molecule has 30 heavy (non-hydrogen) atoms. The summed E-state index contributed by atoms with van der Waals surface area (Å²) in [6.07, 6.45) is 1.45. The molecule has 0 aliphatic heterocycles. The van der Waals surface area contributed by atoms with Crippen molar-refractivity contribution in [1.29, 1.82) is 0 Å². The van der Waals surface area contributed by atoms with Crippen molar-refractivity contribution in [2.45, 2.75) is 38.8 Å². The molecule has 0 bridgehead atoms. The van der Waals surface area contributed by atoms with Gasteiger partial charge >= 0.3 is 0 Å². The Morgan fingerprint density at radius 1 is 1.30 bits per heavy atom. The smallest absolute Gasteiger partial charge is 0.255 e. The lowest BCUT2D eigenvalue weighted by molar-refractivity contribution is -0.124. The monoisotopic (exact) mass is 409 g/mol. The number of nitrogens with one attached hydrogen (secondary N) is 2. The molecule has 2 aromatic rings. The van der Waals surface area contributed by atoms with Crippen molar-refractivity contribution in [3.05, 3.63) is 65.2 Å². The molecule has 158 valence electrons. The van der Waals surface area contributed by atoms with Gasteiger partial charge in [-0.25, -0.2) is 0 Å². The molecule has 0 unspecified atom stereocenters. The first-order chi connectivity index (χ1) is 14.3. The number of hydrogen-bond donors (Lipinski definition) is 4. The second kappa shape index (κ2) is 9.00. The van der Waals surface area contributed by atoms with Crippen LogP contribution in [0.4, 0.5) is 5.69 Å². The highest BCUT2D eigenvalue weighted by atomic mass is 16.5. The van der Waals surface area contributed by atoms with E-state index in [1.54, 1.807) is 18.2 Å². The third-order valence-corrected chi connectivity index (χ3v) is 4.97. The number of rotatable bonds is 7. The van der Waals surface area contributed by atoms with Crippen molar-refractivity contribution in [3.63, 3.8) is 0 Å². The fourth-order valence-electron chi connectivity index (χ4n) is 3.65. The number of aliphatic hydroxyl groups excluding tert-OH is 1. The standard InChI is InChI=1S/C23H27N3O4/c1-13(2)30-21-10-7-15(11-19(21)24)23(29)25-14(3)16-5-4-6-18-17(16)8-9-20(18)26-22(28)12-27/h4-7,10-11,13,20,27H,3,8-9,12,24H2,1-2H3,(H,25,29)(H,26,28)/t20-/m0/s1. The van der Waals surface area contributed by atoms with Crippen LogP contribution in [0.2, 0.25) is 0 Å². The van der Waals surface area contributed by atoms with Gasteiger partial charge in [0.25, 0.3) is 5.91 Å². The number of anilines is 1. The molecule has 3 rings (SSSR count). The maximum atomic E-state index is 12.7. The number of carbonyl (C=O) groups excluding carboxylic acids is 2. The fourth-order valence-corrected chi connectivity index (χ4v) is 3.65. The van der Waals surface area contributed by atoms with E-state index in [1.807, 2.05) is 32.0 Å². The van der Waals surface area contributed by atoms with E-state index in [4.69, 9.17) is 15.6 Å². The average molecular weight is 409 g/mol. The van der Waals surface area contributed by atoms with E-state index in [1.165, 1.54) is 0 Å². The molecule has 2 amide bonds. The average Bonchev–Trinajstić information content (AvgIpc) is 3.11. The topological polar surface area (TPSA) is 114 Å². The Bertz CT molecular complexity index is 984. The first kappa shape index (κ1) is 21.4. The highest BCUT2D eigenvalue weighted by Gasteiger charge is 2.26. The molecule has 0 saturated heterocycles. The van der Waals surface area contributed by atoms with Crippen LogP contribution in [-0.4, -0.2) is 29.6 Å². The molecule has 2 aromatic carbocycles. The normalized spacial score (nSPS) is 14.9. The van der Waals surface area contributed by atoms with Gasteiger partial charge in [-0.2, -0.15) is 0 Å². The number of fused-ring (bicyclic) bond motifs is 1. The zero-order chi connectivity index (χ0) is 21.8. The van der Waals surface area contributed by atoms with Gasteiger partial charge in [0.15, 0.2) is 0 Å². The lowest BCUT2D eigenvalue weighted by Crippen LogP contribution is -2.29. The summed E-state index contributed by atoms with van der Waals surface area (Å²) in [5.41, 5.74) is 10.1. The molecule has 0 saturated carbocycles. The number of hydrogen-bond acceptors (Lipinski definition) is 5. The molecule has 1 atom stereocenters. The zero-order valence-corrected chi connectivity index (χ0v) is 17.2. The number of benzene rings is 2. The molecule has 7 nitrogen and oxygen atoms in total. The van der Waals surface area contributed by atoms with Gasteiger partial charge in [-0.3, -0.25) is 9.59 Å². The van der Waals surface area contributed by atoms with Crippen LogP contribution in [-0.2, 0) is 11.2 Å². The van der Waals surface area contributed by atoms with E-state index >= 15 is 0 Å². The summed E-state index contributed by atoms with van der Waals surface area (Å²) >= 11 is 0. The number of nitrogens with two attached hydrogens (primary N) is 1. The maximum absolute atomic E-state index is 12.7. The quantitative estimate of drug-likeness (QED) is 0.525. The van der Waals surface area contributed by atoms with Gasteiger partial charge in [0, 0.05) is 16.8 Å². The van der Waals surface area contributed by atoms with Crippen molar-refractivity contribution in [2.24, 2.45) is 0 Å². The number of amides is 2. The summed E-state index contributed by atoms with van der Waals surface area (Å²) in [6.45, 7) is 7.30. The van der Waals surface area contributed by atoms with Gasteiger partial charge in [-0.15, -0.1) is 0 Å². The molecule has 1 aliphatic rings. The van der Waals surface area contributed by atoms with Gasteiger partial charge in [0.2, 0.25) is 5.91 Å². The van der Waals surface area contributed by atoms with Gasteiger partial charge in [0.1, 0.15) is 12.4 Å². The lowest BCUT2D eigenvalue weighted by atomic mass is 10.00. The number of nitrogen functional groups attached to an aromatic ring is 1. The summed E-state index contributed by atoms with van der Waals surface area (Å²) in [7, 11) is 0. The Labute approximate surface area is 175 Å². The molecule has 7 heteroatoms. The van der Waals surface area contributed by atoms with Crippen LogP contribution in [0.3, 0.4) is 0 Å². The molecule has 0 heterocycles. The molecule has 0 fully saturated rings. The van der Waals surface area contributed by atoms with Crippen molar-refractivity contribution < 1.29 is 19.4 Å². The minimum absolute atomic E-state index is 0.0158. The molecular weight excluding hydrogens is 382 g/mol. The van der Waals surface area contributed by atoms with E-state index in [-0.39, 0.29) is 18.1 Å². The van der Waals surface area contributed by atoms with Gasteiger partial charge in [-0.1, -0.05) is 24.8 Å². The molecule has 5 N–H and O–H groups in total. The van der Waals surface area contributed by atoms with E-state index in [9.17, 15) is 9.59 Å². The van der Waals surface area contributed by atoms with E-state index in [0.717, 1.165) is 29.5 Å². The number of carbonyl (C=O) groups is 2. The SMILES string of the molecule is C=C(NC(=O)c1ccc(OC(C)C)c(N)c1)c1cccc2c1CC[C@@H]2NC(=O)CO. The Kier molecular flexibility index (Phi) is 6.42. The Hall–Kier alpha value is -3.32. The van der Waals surface area contributed by atoms with E-state index in [2.05, 4.69) is 17.2 Å². The van der Waals surface area contributed by atoms with Crippen molar-refractivity contribution in [1.82, 2.24) is 10.6 Å². The number of ether oxygens (including phenoxy) is 1. The number of aliphatic hydroxyl groups is 1. The van der Waals surface area contributed by atoms with Crippen LogP contribution in [0.15, 0.2) is 43.0 Å². The predicted octanol–water partition coefficient (Wildman–Crippen LogP) is 2.55. The maximum Gasteiger partial charge on any atom is 0.255 e. The molecule has 0 aromatic heterocycles. The largest absolute Gasteiger partial charge is 0.489 e. The molecular formula is C23H27N3O4. The van der Waals surface area contributed by atoms with Crippen molar-refractivity contribution in [2.75, 3.05) is 12.3 Å². The van der Waals surface area contributed by atoms with Crippen LogP contribution >= 0.6 is 0 Å². The van der Waals surface area contributed by atoms with E-state index in [0.29, 0.717) is 22.7 Å². The predicted molar refractivity (Wildman–Crippen MR) is 116 cm³/mol. The summed E-state index contributed by atoms with van der Waals surface area (Å²) in [5, 5.41) is 14.6. The minimum atomic E-state index is -0.543. The second-order valence-corrected chi connectivity index (χ2v) is 7.54. The summed E-state index contributed by atoms with van der Waals surface area (Å²) in [4.78, 5) is 24.3. The van der Waals surface area contributed by atoms with Crippen LogP contribution < -0.4 is 21.1 Å². The summed E-state index contributed by atoms with van der Waals surface area (Å²) < 4.78 is 5.61. The lowest BCUT2D eigenvalue weighted by Gasteiger charge is -2.16. The van der Waals surface area contributed by atoms with Crippen LogP contribution in [0, 0.1) is 0 Å². The van der Waals surface area contributed by atoms with Crippen molar-refractivity contribution in [3.8, 4) is 5.75 Å². The third kappa shape index (κ3) is 4.63. The van der Waals surface area contributed by atoms with Gasteiger partial charge in [0.05, 0.1) is 17.8 Å². The van der Waals surface area contributed by atoms with Crippen LogP contribution in [0.1, 0.15) is 53.4 Å². The zero-order valence-electron chi connectivity index (χ0n) is 17.2. The Morgan fingerprint density at radius 2 is 2.07 bits per heavy atom. The van der Waals surface area contributed by atoms with E-state index < -0.39 is 12.5 Å². The highest BCUT2D eigenvalue weighted by Crippen LogP contribution is 2.35. The molecule has 0 radical (unpaired) electrons. The third-order valence-electron chi connectivity index (χ3n) is 4.97. The first-order valence-corrected chi connectivity index (χ1v) is 9.89. The highest BCUT2D eigenvalue weighted by molar-refractivity contribution is 6.00. The van der Waals surface area contributed by atoms with Gasteiger partial charge in [-0.05, 0) is 56.0 Å². The Morgan fingerprint density at radius 3 is 2.73 bits per heavy atom. The fraction of sp³-hybridized carbons (Fsp3) is 0.304. The van der Waals surface area contributed by atoms with Crippen LogP contribution in [0.25, 0.3) is 5.70 Å². The van der Waals surface area contributed by atoms with Gasteiger partial charge < -0.3 is 26.2 Å². The Balaban J connectivity index is 1.75. The molecule has 0 spiro atoms. The first-order valence-electron chi connectivity index (χ1n) is 9.89. The summed E-state index contributed by atoms with van der Waals surface area (Å²) in [6, 6.07) is 10.5. The molecule has 1 aliphatic carbocycles. The second-order valence-electron chi connectivity index (χ2n) is 7.54.